The van der Waals surface area contributed by atoms with Gasteiger partial charge in [-0.1, -0.05) is 41.8 Å². The summed E-state index contributed by atoms with van der Waals surface area (Å²) < 4.78 is 0.695. The number of urea groups is 1. The molecule has 0 aliphatic heterocycles. The molecule has 19 heavy (non-hydrogen) atoms. The van der Waals surface area contributed by atoms with Crippen LogP contribution in [-0.2, 0) is 4.79 Å². The van der Waals surface area contributed by atoms with Crippen LogP contribution in [0, 0.1) is 5.41 Å². The lowest BCUT2D eigenvalue weighted by molar-refractivity contribution is -0.140. The first-order valence-corrected chi connectivity index (χ1v) is 7.30. The number of aliphatic carboxylic acids is 1. The lowest BCUT2D eigenvalue weighted by atomic mass is 9.72. The molecule has 1 fully saturated rings. The van der Waals surface area contributed by atoms with Gasteiger partial charge in [0.15, 0.2) is 0 Å². The standard InChI is InChI=1S/C13H21BrN2O3/c1-10(14)8-15-12(19)16-9-13(7-11(17)18)5-3-2-4-6-13/h1-9H2,(H,17,18)(H2,15,16,19). The van der Waals surface area contributed by atoms with Crippen LogP contribution in [-0.4, -0.2) is 30.2 Å². The van der Waals surface area contributed by atoms with Gasteiger partial charge in [-0.3, -0.25) is 4.79 Å². The molecule has 0 radical (unpaired) electrons. The molecule has 2 amide bonds. The SMILES string of the molecule is C=C(Br)CNC(=O)NCC1(CC(=O)O)CCCCC1. The lowest BCUT2D eigenvalue weighted by Crippen LogP contribution is -2.44. The van der Waals surface area contributed by atoms with Gasteiger partial charge in [0, 0.05) is 11.0 Å². The second-order valence-electron chi connectivity index (χ2n) is 5.18. The van der Waals surface area contributed by atoms with Crippen LogP contribution < -0.4 is 10.6 Å². The first kappa shape index (κ1) is 16.0. The molecule has 0 heterocycles. The highest BCUT2D eigenvalue weighted by Gasteiger charge is 2.34. The number of halogens is 1. The van der Waals surface area contributed by atoms with Gasteiger partial charge in [0.25, 0.3) is 0 Å². The number of hydrogen-bond donors (Lipinski definition) is 3. The van der Waals surface area contributed by atoms with Crippen molar-refractivity contribution in [1.29, 1.82) is 0 Å². The minimum atomic E-state index is -0.794. The molecule has 6 heteroatoms. The third-order valence-electron chi connectivity index (χ3n) is 3.51. The topological polar surface area (TPSA) is 78.4 Å². The smallest absolute Gasteiger partial charge is 0.315 e. The van der Waals surface area contributed by atoms with E-state index in [1.807, 2.05) is 0 Å². The average Bonchev–Trinajstić information content (AvgIpc) is 2.34. The number of carbonyl (C=O) groups is 2. The highest BCUT2D eigenvalue weighted by Crippen LogP contribution is 2.38. The molecule has 3 N–H and O–H groups in total. The molecule has 0 bridgehead atoms. The summed E-state index contributed by atoms with van der Waals surface area (Å²) >= 11 is 3.16. The Morgan fingerprint density at radius 3 is 2.37 bits per heavy atom. The molecule has 1 saturated carbocycles. The Bertz CT molecular complexity index is 352. The molecule has 1 rings (SSSR count). The predicted octanol–water partition coefficient (Wildman–Crippen LogP) is 2.62. The number of carboxylic acid groups (broad SMARTS) is 1. The summed E-state index contributed by atoms with van der Waals surface area (Å²) in [7, 11) is 0. The second-order valence-corrected chi connectivity index (χ2v) is 6.31. The number of hydrogen-bond acceptors (Lipinski definition) is 2. The Morgan fingerprint density at radius 2 is 1.84 bits per heavy atom. The summed E-state index contributed by atoms with van der Waals surface area (Å²) in [5, 5.41) is 14.5. The van der Waals surface area contributed by atoms with E-state index in [0.717, 1.165) is 32.1 Å². The van der Waals surface area contributed by atoms with Crippen molar-refractivity contribution in [2.24, 2.45) is 5.41 Å². The summed E-state index contributed by atoms with van der Waals surface area (Å²) in [5.74, 6) is -0.794. The fourth-order valence-electron chi connectivity index (χ4n) is 2.55. The fourth-order valence-corrected chi connectivity index (χ4v) is 2.69. The number of nitrogens with one attached hydrogen (secondary N) is 2. The number of carboxylic acids is 1. The van der Waals surface area contributed by atoms with Gasteiger partial charge >= 0.3 is 12.0 Å². The second kappa shape index (κ2) is 7.53. The molecule has 0 aromatic carbocycles. The Morgan fingerprint density at radius 1 is 1.21 bits per heavy atom. The molecular weight excluding hydrogens is 312 g/mol. The van der Waals surface area contributed by atoms with Crippen LogP contribution >= 0.6 is 15.9 Å². The molecule has 5 nitrogen and oxygen atoms in total. The van der Waals surface area contributed by atoms with Gasteiger partial charge in [-0.15, -0.1) is 0 Å². The van der Waals surface area contributed by atoms with Gasteiger partial charge in [0.2, 0.25) is 0 Å². The van der Waals surface area contributed by atoms with E-state index < -0.39 is 5.97 Å². The molecule has 1 aliphatic rings. The Labute approximate surface area is 122 Å². The van der Waals surface area contributed by atoms with E-state index in [4.69, 9.17) is 5.11 Å². The van der Waals surface area contributed by atoms with E-state index in [0.29, 0.717) is 17.6 Å². The molecule has 0 unspecified atom stereocenters. The molecule has 0 saturated heterocycles. The van der Waals surface area contributed by atoms with E-state index >= 15 is 0 Å². The maximum Gasteiger partial charge on any atom is 0.315 e. The zero-order valence-corrected chi connectivity index (χ0v) is 12.6. The van der Waals surface area contributed by atoms with Crippen molar-refractivity contribution in [3.63, 3.8) is 0 Å². The quantitative estimate of drug-likeness (QED) is 0.699. The summed E-state index contributed by atoms with van der Waals surface area (Å²) in [6.07, 6.45) is 5.08. The highest BCUT2D eigenvalue weighted by atomic mass is 79.9. The van der Waals surface area contributed by atoms with Crippen LogP contribution in [0.4, 0.5) is 4.79 Å². The van der Waals surface area contributed by atoms with E-state index in [1.54, 1.807) is 0 Å². The van der Waals surface area contributed by atoms with Crippen LogP contribution in [0.1, 0.15) is 38.5 Å². The monoisotopic (exact) mass is 332 g/mol. The lowest BCUT2D eigenvalue weighted by Gasteiger charge is -2.36. The van der Waals surface area contributed by atoms with Crippen molar-refractivity contribution >= 4 is 27.9 Å². The van der Waals surface area contributed by atoms with Crippen molar-refractivity contribution in [2.75, 3.05) is 13.1 Å². The van der Waals surface area contributed by atoms with Crippen molar-refractivity contribution in [1.82, 2.24) is 10.6 Å². The van der Waals surface area contributed by atoms with Gasteiger partial charge in [0.05, 0.1) is 13.0 Å². The van der Waals surface area contributed by atoms with E-state index in [1.165, 1.54) is 0 Å². The zero-order valence-electron chi connectivity index (χ0n) is 11.0. The van der Waals surface area contributed by atoms with Crippen molar-refractivity contribution < 1.29 is 14.7 Å². The number of rotatable bonds is 6. The van der Waals surface area contributed by atoms with E-state index in [2.05, 4.69) is 33.1 Å². The Balaban J connectivity index is 2.46. The normalized spacial score (nSPS) is 17.5. The highest BCUT2D eigenvalue weighted by molar-refractivity contribution is 9.11. The minimum absolute atomic E-state index is 0.123. The van der Waals surface area contributed by atoms with E-state index in [9.17, 15) is 9.59 Å². The molecule has 0 spiro atoms. The third kappa shape index (κ3) is 6.09. The van der Waals surface area contributed by atoms with E-state index in [-0.39, 0.29) is 17.9 Å². The van der Waals surface area contributed by atoms with Crippen LogP contribution in [0.5, 0.6) is 0 Å². The van der Waals surface area contributed by atoms with Crippen LogP contribution in [0.2, 0.25) is 0 Å². The third-order valence-corrected chi connectivity index (χ3v) is 3.79. The molecule has 1 aliphatic carbocycles. The maximum atomic E-state index is 11.6. The van der Waals surface area contributed by atoms with Gasteiger partial charge in [0.1, 0.15) is 0 Å². The number of carbonyl (C=O) groups excluding carboxylic acids is 1. The Hall–Kier alpha value is -1.04. The molecular formula is C13H21BrN2O3. The minimum Gasteiger partial charge on any atom is -0.481 e. The van der Waals surface area contributed by atoms with Crippen molar-refractivity contribution in [3.8, 4) is 0 Å². The summed E-state index contributed by atoms with van der Waals surface area (Å²) in [6, 6.07) is -0.282. The fraction of sp³-hybridized carbons (Fsp3) is 0.692. The zero-order chi connectivity index (χ0) is 14.3. The summed E-state index contributed by atoms with van der Waals surface area (Å²) in [4.78, 5) is 22.6. The van der Waals surface area contributed by atoms with Gasteiger partial charge in [-0.25, -0.2) is 4.79 Å². The van der Waals surface area contributed by atoms with Gasteiger partial charge < -0.3 is 15.7 Å². The molecule has 0 atom stereocenters. The Kier molecular flexibility index (Phi) is 6.34. The van der Waals surface area contributed by atoms with Crippen molar-refractivity contribution in [2.45, 2.75) is 38.5 Å². The predicted molar refractivity (Wildman–Crippen MR) is 77.2 cm³/mol. The largest absolute Gasteiger partial charge is 0.481 e. The summed E-state index contributed by atoms with van der Waals surface area (Å²) in [6.45, 7) is 4.40. The summed E-state index contributed by atoms with van der Waals surface area (Å²) in [5.41, 5.74) is -0.285. The molecule has 0 aromatic rings. The average molecular weight is 333 g/mol. The first-order valence-electron chi connectivity index (χ1n) is 6.50. The first-order chi connectivity index (χ1) is 8.93. The van der Waals surface area contributed by atoms with Crippen LogP contribution in [0.15, 0.2) is 11.1 Å². The van der Waals surface area contributed by atoms with Crippen LogP contribution in [0.25, 0.3) is 0 Å². The van der Waals surface area contributed by atoms with Crippen LogP contribution in [0.3, 0.4) is 0 Å². The molecule has 0 aromatic heterocycles. The van der Waals surface area contributed by atoms with Gasteiger partial charge in [-0.05, 0) is 18.3 Å². The van der Waals surface area contributed by atoms with Gasteiger partial charge in [-0.2, -0.15) is 0 Å². The molecule has 108 valence electrons. The maximum absolute atomic E-state index is 11.6. The number of amides is 2. The van der Waals surface area contributed by atoms with Crippen molar-refractivity contribution in [3.05, 3.63) is 11.1 Å².